The number of thiazole rings is 1. The van der Waals surface area contributed by atoms with Gasteiger partial charge in [-0.2, -0.15) is 5.10 Å². The topological polar surface area (TPSA) is 99.1 Å². The van der Waals surface area contributed by atoms with Gasteiger partial charge in [-0.25, -0.2) is 19.8 Å². The van der Waals surface area contributed by atoms with Crippen molar-refractivity contribution in [3.63, 3.8) is 0 Å². The van der Waals surface area contributed by atoms with Gasteiger partial charge in [-0.3, -0.25) is 9.59 Å². The van der Waals surface area contributed by atoms with E-state index in [1.54, 1.807) is 9.69 Å². The Balaban J connectivity index is 1.76. The van der Waals surface area contributed by atoms with E-state index in [0.717, 1.165) is 16.1 Å². The molecule has 3 aromatic rings. The number of anilines is 2. The Bertz CT molecular complexity index is 1200. The van der Waals surface area contributed by atoms with Gasteiger partial charge in [-0.05, 0) is 36.8 Å². The van der Waals surface area contributed by atoms with Gasteiger partial charge < -0.3 is 10.2 Å². The Morgan fingerprint density at radius 1 is 1.32 bits per heavy atom. The van der Waals surface area contributed by atoms with Crippen LogP contribution in [0.15, 0.2) is 24.3 Å². The van der Waals surface area contributed by atoms with E-state index in [-0.39, 0.29) is 17.2 Å². The lowest BCUT2D eigenvalue weighted by atomic mass is 10.2. The summed E-state index contributed by atoms with van der Waals surface area (Å²) in [4.78, 5) is 31.5. The fraction of sp³-hybridized carbons (Fsp3) is 0.316. The van der Waals surface area contributed by atoms with Crippen LogP contribution >= 0.6 is 35.3 Å². The number of benzene rings is 1. The van der Waals surface area contributed by atoms with Gasteiger partial charge in [0.25, 0.3) is 5.91 Å². The third kappa shape index (κ3) is 4.10. The minimum atomic E-state index is -0.241. The van der Waals surface area contributed by atoms with Crippen LogP contribution in [0.3, 0.4) is 0 Å². The van der Waals surface area contributed by atoms with Crippen LogP contribution in [0, 0.1) is 11.7 Å². The molecule has 1 aromatic carbocycles. The molecule has 162 valence electrons. The van der Waals surface area contributed by atoms with Crippen molar-refractivity contribution in [3.05, 3.63) is 40.3 Å². The standard InChI is InChI=1S/C19H21N7O2S3/c1-10-15(31-18(20-10)21-11(2)27)16-22-23-19(29)26(16)25-14(28)9-30-17(25)12-5-7-13(8-6-12)24(3)4/h5-8,17H,9H2,1-4H3,(H,23,29)(H,20,21,27). The number of rotatable bonds is 5. The van der Waals surface area contributed by atoms with Crippen LogP contribution in [-0.4, -0.2) is 51.5 Å². The van der Waals surface area contributed by atoms with Crippen molar-refractivity contribution >= 4 is 57.9 Å². The number of thioether (sulfide) groups is 1. The largest absolute Gasteiger partial charge is 0.378 e. The van der Waals surface area contributed by atoms with E-state index in [1.807, 2.05) is 50.2 Å². The number of carbonyl (C=O) groups excluding carboxylic acids is 2. The number of nitrogens with one attached hydrogen (secondary N) is 2. The first kappa shape index (κ1) is 21.5. The fourth-order valence-corrected chi connectivity index (χ4v) is 5.60. The highest BCUT2D eigenvalue weighted by molar-refractivity contribution is 8.00. The predicted molar refractivity (Wildman–Crippen MR) is 127 cm³/mol. The number of hydrogen-bond donors (Lipinski definition) is 2. The van der Waals surface area contributed by atoms with Gasteiger partial charge in [-0.15, -0.1) is 11.8 Å². The van der Waals surface area contributed by atoms with Crippen LogP contribution in [-0.2, 0) is 9.59 Å². The van der Waals surface area contributed by atoms with Gasteiger partial charge in [0, 0.05) is 26.7 Å². The molecule has 0 saturated carbocycles. The summed E-state index contributed by atoms with van der Waals surface area (Å²) in [6, 6.07) is 8.10. The van der Waals surface area contributed by atoms with Crippen LogP contribution in [0.25, 0.3) is 10.7 Å². The molecule has 3 heterocycles. The highest BCUT2D eigenvalue weighted by Gasteiger charge is 2.37. The van der Waals surface area contributed by atoms with Crippen molar-refractivity contribution in [1.29, 1.82) is 0 Å². The number of aromatic nitrogens is 4. The summed E-state index contributed by atoms with van der Waals surface area (Å²) in [7, 11) is 3.97. The van der Waals surface area contributed by atoms with Crippen LogP contribution < -0.4 is 15.2 Å². The maximum atomic E-state index is 12.9. The molecule has 0 spiro atoms. The molecule has 0 radical (unpaired) electrons. The van der Waals surface area contributed by atoms with Crippen molar-refractivity contribution in [2.24, 2.45) is 0 Å². The molecule has 2 amide bonds. The summed E-state index contributed by atoms with van der Waals surface area (Å²) in [5, 5.41) is 11.8. The average Bonchev–Trinajstić information content (AvgIpc) is 3.38. The zero-order valence-electron chi connectivity index (χ0n) is 17.4. The fourth-order valence-electron chi connectivity index (χ4n) is 3.26. The molecular weight excluding hydrogens is 454 g/mol. The third-order valence-corrected chi connectivity index (χ3v) is 7.22. The Labute approximate surface area is 192 Å². The second-order valence-corrected chi connectivity index (χ2v) is 9.62. The lowest BCUT2D eigenvalue weighted by molar-refractivity contribution is -0.117. The van der Waals surface area contributed by atoms with E-state index in [1.165, 1.54) is 30.0 Å². The summed E-state index contributed by atoms with van der Waals surface area (Å²) < 4.78 is 1.95. The predicted octanol–water partition coefficient (Wildman–Crippen LogP) is 3.31. The first-order chi connectivity index (χ1) is 14.8. The Hall–Kier alpha value is -2.70. The second kappa shape index (κ2) is 8.44. The molecule has 1 aliphatic rings. The summed E-state index contributed by atoms with van der Waals surface area (Å²) in [6.07, 6.45) is 0. The smallest absolute Gasteiger partial charge is 0.252 e. The van der Waals surface area contributed by atoms with Crippen molar-refractivity contribution in [2.75, 3.05) is 35.1 Å². The van der Waals surface area contributed by atoms with Crippen molar-refractivity contribution in [2.45, 2.75) is 19.2 Å². The van der Waals surface area contributed by atoms with Crippen LogP contribution in [0.1, 0.15) is 23.6 Å². The highest BCUT2D eigenvalue weighted by Crippen LogP contribution is 2.40. The minimum Gasteiger partial charge on any atom is -0.378 e. The maximum absolute atomic E-state index is 12.9. The molecule has 0 bridgehead atoms. The molecule has 1 saturated heterocycles. The van der Waals surface area contributed by atoms with E-state index in [2.05, 4.69) is 20.5 Å². The molecular formula is C19H21N7O2S3. The van der Waals surface area contributed by atoms with Gasteiger partial charge >= 0.3 is 0 Å². The number of H-pyrrole nitrogens is 1. The minimum absolute atomic E-state index is 0.0605. The van der Waals surface area contributed by atoms with Crippen molar-refractivity contribution in [1.82, 2.24) is 19.9 Å². The summed E-state index contributed by atoms with van der Waals surface area (Å²) in [5.74, 6) is 0.564. The van der Waals surface area contributed by atoms with Gasteiger partial charge in [0.05, 0.1) is 16.3 Å². The van der Waals surface area contributed by atoms with Crippen LogP contribution in [0.5, 0.6) is 0 Å². The number of aryl methyl sites for hydroxylation is 1. The SMILES string of the molecule is CC(=O)Nc1nc(C)c(-c2n[nH]c(=S)n2N2C(=O)CSC2c2ccc(N(C)C)cc2)s1. The monoisotopic (exact) mass is 475 g/mol. The highest BCUT2D eigenvalue weighted by atomic mass is 32.2. The molecule has 1 unspecified atom stereocenters. The van der Waals surface area contributed by atoms with E-state index in [4.69, 9.17) is 12.2 Å². The molecule has 1 aliphatic heterocycles. The number of nitrogens with zero attached hydrogens (tertiary/aromatic N) is 5. The molecule has 2 aromatic heterocycles. The molecule has 4 rings (SSSR count). The quantitative estimate of drug-likeness (QED) is 0.546. The van der Waals surface area contributed by atoms with Gasteiger partial charge in [0.15, 0.2) is 11.0 Å². The molecule has 1 atom stereocenters. The molecule has 1 fully saturated rings. The lowest BCUT2D eigenvalue weighted by Crippen LogP contribution is -2.38. The van der Waals surface area contributed by atoms with Crippen LogP contribution in [0.4, 0.5) is 10.8 Å². The van der Waals surface area contributed by atoms with Gasteiger partial charge in [0.2, 0.25) is 10.7 Å². The Kier molecular flexibility index (Phi) is 5.86. The normalized spacial score (nSPS) is 16.1. The van der Waals surface area contributed by atoms with E-state index in [0.29, 0.717) is 27.2 Å². The zero-order valence-corrected chi connectivity index (χ0v) is 19.8. The van der Waals surface area contributed by atoms with E-state index < -0.39 is 0 Å². The summed E-state index contributed by atoms with van der Waals surface area (Å²) >= 11 is 8.32. The Morgan fingerprint density at radius 2 is 2.03 bits per heavy atom. The molecule has 9 nitrogen and oxygen atoms in total. The van der Waals surface area contributed by atoms with E-state index in [9.17, 15) is 9.59 Å². The van der Waals surface area contributed by atoms with Gasteiger partial charge in [-0.1, -0.05) is 23.5 Å². The number of amides is 2. The molecule has 31 heavy (non-hydrogen) atoms. The lowest BCUT2D eigenvalue weighted by Gasteiger charge is -2.26. The maximum Gasteiger partial charge on any atom is 0.252 e. The third-order valence-electron chi connectivity index (χ3n) is 4.69. The molecule has 0 aliphatic carbocycles. The Morgan fingerprint density at radius 3 is 2.68 bits per heavy atom. The van der Waals surface area contributed by atoms with Crippen molar-refractivity contribution < 1.29 is 9.59 Å². The first-order valence-electron chi connectivity index (χ1n) is 9.40. The average molecular weight is 476 g/mol. The molecule has 12 heteroatoms. The van der Waals surface area contributed by atoms with Crippen LogP contribution in [0.2, 0.25) is 0 Å². The number of carbonyl (C=O) groups is 2. The number of aromatic amines is 1. The zero-order chi connectivity index (χ0) is 22.3. The van der Waals surface area contributed by atoms with E-state index >= 15 is 0 Å². The summed E-state index contributed by atoms with van der Waals surface area (Å²) in [6.45, 7) is 3.26. The second-order valence-electron chi connectivity index (χ2n) is 7.17. The summed E-state index contributed by atoms with van der Waals surface area (Å²) in [5.41, 5.74) is 2.77. The van der Waals surface area contributed by atoms with Crippen molar-refractivity contribution in [3.8, 4) is 10.7 Å². The number of hydrogen-bond acceptors (Lipinski definition) is 8. The van der Waals surface area contributed by atoms with Gasteiger partial charge in [0.1, 0.15) is 5.37 Å². The first-order valence-corrected chi connectivity index (χ1v) is 11.7. The molecule has 2 N–H and O–H groups in total.